The van der Waals surface area contributed by atoms with Gasteiger partial charge in [-0.1, -0.05) is 54.6 Å². The van der Waals surface area contributed by atoms with Crippen LogP contribution in [0.3, 0.4) is 0 Å². The van der Waals surface area contributed by atoms with Crippen molar-refractivity contribution in [2.24, 2.45) is 0 Å². The van der Waals surface area contributed by atoms with Crippen LogP contribution in [0.25, 0.3) is 11.3 Å². The van der Waals surface area contributed by atoms with E-state index >= 15 is 0 Å². The highest BCUT2D eigenvalue weighted by molar-refractivity contribution is 14.1. The minimum Gasteiger partial charge on any atom is -0.501 e. The third kappa shape index (κ3) is 9.68. The number of hydrogen-bond acceptors (Lipinski definition) is 8. The van der Waals surface area contributed by atoms with Crippen LogP contribution < -0.4 is 26.5 Å². The molecule has 0 bridgehead atoms. The molecule has 7 rings (SSSR count). The van der Waals surface area contributed by atoms with Crippen molar-refractivity contribution in [3.05, 3.63) is 183 Å². The van der Waals surface area contributed by atoms with E-state index in [2.05, 4.69) is 43.2 Å². The smallest absolute Gasteiger partial charge is 0.301 e. The van der Waals surface area contributed by atoms with E-state index in [1.54, 1.807) is 42.6 Å². The monoisotopic (exact) mass is 968 g/mol. The van der Waals surface area contributed by atoms with Crippen LogP contribution in [0, 0.1) is 18.8 Å². The molecule has 16 heteroatoms. The largest absolute Gasteiger partial charge is 0.501 e. The topological polar surface area (TPSA) is 156 Å². The van der Waals surface area contributed by atoms with Crippen LogP contribution >= 0.6 is 45.2 Å². The number of nitrogens with one attached hydrogen (secondary N) is 2. The summed E-state index contributed by atoms with van der Waals surface area (Å²) in [4.78, 5) is 58.8. The first-order valence-electron chi connectivity index (χ1n) is 16.3. The number of aromatic hydroxyl groups is 1. The summed E-state index contributed by atoms with van der Waals surface area (Å²) in [5.74, 6) is -2.81. The van der Waals surface area contributed by atoms with Crippen molar-refractivity contribution in [2.75, 3.05) is 0 Å². The Labute approximate surface area is 338 Å². The molecule has 2 amide bonds. The molecule has 0 aliphatic carbocycles. The Morgan fingerprint density at radius 3 is 1.64 bits per heavy atom. The minimum atomic E-state index is -0.717. The van der Waals surface area contributed by atoms with Crippen molar-refractivity contribution in [1.29, 1.82) is 0 Å². The number of halogens is 4. The Morgan fingerprint density at radius 2 is 1.11 bits per heavy atom. The standard InChI is InChI=1S/C23H17FIN3O3.C16H11FIN3O3/c24-17-8-6-15(7-9-17)12-26-22(29)20-21(31-14-16-4-2-1-3-5-16)23(30)28-13-18(25)10-11-19(28)27-20;17-10-3-1-9(2-4-10)7-19-15(23)13-14(22)16(24)21-8-11(18)5-6-12(21)20-13/h1-11,13H,12,14H2,(H,26,29);1-6,8,22H,7H2,(H,19,23). The number of amides is 2. The summed E-state index contributed by atoms with van der Waals surface area (Å²) in [6.45, 7) is 0.392. The molecule has 0 fully saturated rings. The molecule has 3 N–H and O–H groups in total. The molecule has 0 radical (unpaired) electrons. The van der Waals surface area contributed by atoms with Gasteiger partial charge in [0.25, 0.3) is 11.8 Å². The molecular formula is C39H28F2I2N6O6. The van der Waals surface area contributed by atoms with E-state index in [1.165, 1.54) is 51.4 Å². The molecule has 12 nitrogen and oxygen atoms in total. The fraction of sp³-hybridized carbons (Fsp3) is 0.0769. The first kappa shape index (κ1) is 38.9. The fourth-order valence-electron chi connectivity index (χ4n) is 5.11. The van der Waals surface area contributed by atoms with Crippen LogP contribution in [-0.4, -0.2) is 35.7 Å². The Kier molecular flexibility index (Phi) is 12.5. The second kappa shape index (κ2) is 17.6. The van der Waals surface area contributed by atoms with Gasteiger partial charge in [0.1, 0.15) is 29.5 Å². The van der Waals surface area contributed by atoms with E-state index in [-0.39, 0.29) is 54.1 Å². The number of ether oxygens (including phenoxy) is 1. The van der Waals surface area contributed by atoms with Crippen molar-refractivity contribution >= 4 is 68.3 Å². The lowest BCUT2D eigenvalue weighted by molar-refractivity contribution is 0.0933. The molecule has 55 heavy (non-hydrogen) atoms. The van der Waals surface area contributed by atoms with Gasteiger partial charge in [0.05, 0.1) is 0 Å². The van der Waals surface area contributed by atoms with Gasteiger partial charge in [-0.3, -0.25) is 28.0 Å². The molecule has 0 saturated heterocycles. The molecule has 0 aliphatic rings. The van der Waals surface area contributed by atoms with Crippen LogP contribution in [0.4, 0.5) is 8.78 Å². The van der Waals surface area contributed by atoms with Gasteiger partial charge in [0.15, 0.2) is 11.4 Å². The first-order valence-corrected chi connectivity index (χ1v) is 18.5. The minimum absolute atomic E-state index is 0.0933. The van der Waals surface area contributed by atoms with E-state index in [1.807, 2.05) is 52.9 Å². The summed E-state index contributed by atoms with van der Waals surface area (Å²) >= 11 is 4.12. The molecule has 4 heterocycles. The van der Waals surface area contributed by atoms with E-state index < -0.39 is 28.7 Å². The Balaban J connectivity index is 0.000000193. The summed E-state index contributed by atoms with van der Waals surface area (Å²) < 4.78 is 35.9. The number of rotatable bonds is 9. The van der Waals surface area contributed by atoms with E-state index in [9.17, 15) is 33.1 Å². The van der Waals surface area contributed by atoms with Gasteiger partial charge in [0, 0.05) is 32.6 Å². The maximum Gasteiger partial charge on any atom is 0.301 e. The third-order valence-electron chi connectivity index (χ3n) is 7.90. The van der Waals surface area contributed by atoms with Gasteiger partial charge in [-0.25, -0.2) is 18.7 Å². The second-order valence-electron chi connectivity index (χ2n) is 11.8. The van der Waals surface area contributed by atoms with Crippen LogP contribution in [-0.2, 0) is 19.7 Å². The normalized spacial score (nSPS) is 10.8. The molecule has 0 unspecified atom stereocenters. The quantitative estimate of drug-likeness (QED) is 0.149. The highest BCUT2D eigenvalue weighted by Gasteiger charge is 2.22. The lowest BCUT2D eigenvalue weighted by Crippen LogP contribution is -2.29. The highest BCUT2D eigenvalue weighted by Crippen LogP contribution is 2.17. The van der Waals surface area contributed by atoms with Crippen LogP contribution in [0.15, 0.2) is 125 Å². The molecule has 7 aromatic rings. The van der Waals surface area contributed by atoms with Crippen LogP contribution in [0.5, 0.6) is 11.5 Å². The zero-order valence-corrected chi connectivity index (χ0v) is 32.7. The van der Waals surface area contributed by atoms with E-state index in [4.69, 9.17) is 4.74 Å². The van der Waals surface area contributed by atoms with Crippen molar-refractivity contribution in [3.8, 4) is 11.5 Å². The SMILES string of the molecule is O=C(NCc1ccc(F)cc1)c1nc2ccc(I)cn2c(=O)c1O.O=C(NCc1ccc(F)cc1)c1nc2ccc(I)cn2c(=O)c1OCc1ccccc1. The number of aromatic nitrogens is 4. The summed E-state index contributed by atoms with van der Waals surface area (Å²) in [6, 6.07) is 27.5. The highest BCUT2D eigenvalue weighted by atomic mass is 127. The lowest BCUT2D eigenvalue weighted by atomic mass is 10.2. The van der Waals surface area contributed by atoms with Crippen molar-refractivity contribution in [3.63, 3.8) is 0 Å². The van der Waals surface area contributed by atoms with Crippen molar-refractivity contribution in [1.82, 2.24) is 29.4 Å². The average molecular weight is 968 g/mol. The zero-order valence-electron chi connectivity index (χ0n) is 28.4. The lowest BCUT2D eigenvalue weighted by Gasteiger charge is -2.13. The summed E-state index contributed by atoms with van der Waals surface area (Å²) in [5, 5.41) is 15.3. The zero-order chi connectivity index (χ0) is 39.1. The molecule has 0 atom stereocenters. The number of pyridine rings is 2. The molecule has 278 valence electrons. The van der Waals surface area contributed by atoms with Crippen LogP contribution in [0.2, 0.25) is 0 Å². The molecular weight excluding hydrogens is 940 g/mol. The Morgan fingerprint density at radius 1 is 0.636 bits per heavy atom. The van der Waals surface area contributed by atoms with Gasteiger partial charge < -0.3 is 20.5 Å². The molecule has 0 aliphatic heterocycles. The Bertz CT molecular complexity index is 2640. The van der Waals surface area contributed by atoms with Gasteiger partial charge in [-0.2, -0.15) is 0 Å². The Hall–Kier alpha value is -5.76. The molecule has 0 spiro atoms. The van der Waals surface area contributed by atoms with E-state index in [0.29, 0.717) is 16.8 Å². The maximum absolute atomic E-state index is 13.1. The maximum atomic E-state index is 13.1. The second-order valence-corrected chi connectivity index (χ2v) is 14.2. The van der Waals surface area contributed by atoms with E-state index in [0.717, 1.165) is 12.7 Å². The summed E-state index contributed by atoms with van der Waals surface area (Å²) in [5.41, 5.74) is 1.22. The summed E-state index contributed by atoms with van der Waals surface area (Å²) in [7, 11) is 0. The molecule has 4 aromatic heterocycles. The van der Waals surface area contributed by atoms with Crippen LogP contribution in [0.1, 0.15) is 37.7 Å². The first-order chi connectivity index (χ1) is 26.5. The fourth-order valence-corrected chi connectivity index (χ4v) is 6.03. The van der Waals surface area contributed by atoms with Gasteiger partial charge >= 0.3 is 11.1 Å². The average Bonchev–Trinajstić information content (AvgIpc) is 3.19. The number of carbonyl (C=O) groups excluding carboxylic acids is 2. The number of hydrogen-bond donors (Lipinski definition) is 3. The number of fused-ring (bicyclic) bond motifs is 2. The van der Waals surface area contributed by atoms with Crippen molar-refractivity contribution < 1.29 is 28.2 Å². The number of nitrogens with zero attached hydrogens (tertiary/aromatic N) is 4. The van der Waals surface area contributed by atoms with Crippen molar-refractivity contribution in [2.45, 2.75) is 19.7 Å². The molecule has 3 aromatic carbocycles. The number of carbonyl (C=O) groups is 2. The van der Waals surface area contributed by atoms with Gasteiger partial charge in [-0.05, 0) is 110 Å². The predicted molar refractivity (Wildman–Crippen MR) is 216 cm³/mol. The van der Waals surface area contributed by atoms with Gasteiger partial charge in [-0.15, -0.1) is 0 Å². The predicted octanol–water partition coefficient (Wildman–Crippen LogP) is 6.02. The molecule has 0 saturated carbocycles. The third-order valence-corrected chi connectivity index (χ3v) is 9.17. The summed E-state index contributed by atoms with van der Waals surface area (Å²) in [6.07, 6.45) is 3.16. The number of benzene rings is 3. The van der Waals surface area contributed by atoms with Gasteiger partial charge in [0.2, 0.25) is 11.5 Å².